The summed E-state index contributed by atoms with van der Waals surface area (Å²) in [6, 6.07) is 0. The summed E-state index contributed by atoms with van der Waals surface area (Å²) < 4.78 is 0. The minimum Gasteiger partial charge on any atom is -0.871 e. The van der Waals surface area contributed by atoms with Crippen LogP contribution in [0.1, 0.15) is 33.6 Å². The molecule has 2 aromatic rings. The summed E-state index contributed by atoms with van der Waals surface area (Å²) in [5.41, 5.74) is 2.93. The van der Waals surface area contributed by atoms with Gasteiger partial charge in [0.15, 0.2) is 0 Å². The number of aliphatic hydroxyl groups excluding tert-OH is 2. The number of pyridine rings is 2. The van der Waals surface area contributed by atoms with Crippen molar-refractivity contribution in [1.82, 2.24) is 9.97 Å². The average Bonchev–Trinajstić information content (AvgIpc) is 2.58. The molecular weight excluding hydrogens is 486 g/mol. The monoisotopic (exact) mass is 504 g/mol. The molecule has 0 bridgehead atoms. The van der Waals surface area contributed by atoms with Gasteiger partial charge in [-0.15, -0.1) is 0 Å². The first-order chi connectivity index (χ1) is 11.5. The van der Waals surface area contributed by atoms with Crippen molar-refractivity contribution in [2.24, 2.45) is 0 Å². The summed E-state index contributed by atoms with van der Waals surface area (Å²) in [7, 11) is 2.98. The van der Waals surface area contributed by atoms with Crippen LogP contribution in [0.15, 0.2) is 12.4 Å². The van der Waals surface area contributed by atoms with E-state index in [2.05, 4.69) is 9.97 Å². The normalized spacial score (nSPS) is 10.6. The van der Waals surface area contributed by atoms with E-state index in [9.17, 15) is 20.4 Å². The van der Waals surface area contributed by atoms with Gasteiger partial charge in [-0.2, -0.15) is 0 Å². The zero-order valence-corrected chi connectivity index (χ0v) is 20.2. The van der Waals surface area contributed by atoms with Gasteiger partial charge in [-0.05, 0) is 36.1 Å². The summed E-state index contributed by atoms with van der Waals surface area (Å²) in [5, 5.41) is 42.6. The molecule has 25 heavy (non-hydrogen) atoms. The summed E-state index contributed by atoms with van der Waals surface area (Å²) in [6.07, 6.45) is 3.22. The van der Waals surface area contributed by atoms with Crippen LogP contribution in [0.2, 0.25) is 0 Å². The van der Waals surface area contributed by atoms with Gasteiger partial charge in [-0.1, -0.05) is 33.1 Å². The molecule has 0 radical (unpaired) electrons. The van der Waals surface area contributed by atoms with Gasteiger partial charge in [0.2, 0.25) is 0 Å². The Morgan fingerprint density at radius 2 is 1.20 bits per heavy atom. The van der Waals surface area contributed by atoms with Gasteiger partial charge in [0.25, 0.3) is 0 Å². The molecule has 6 nitrogen and oxygen atoms in total. The molecule has 0 unspecified atom stereocenters. The molecule has 2 heterocycles. The largest absolute Gasteiger partial charge is 2.00 e. The van der Waals surface area contributed by atoms with E-state index in [1.807, 2.05) is 0 Å². The van der Waals surface area contributed by atoms with Gasteiger partial charge in [-0.3, -0.25) is 9.97 Å². The number of aliphatic hydroxyl groups is 2. The summed E-state index contributed by atoms with van der Waals surface area (Å²) in [6.45, 7) is 2.63. The van der Waals surface area contributed by atoms with Crippen molar-refractivity contribution in [2.45, 2.75) is 38.6 Å². The fourth-order valence-corrected chi connectivity index (χ4v) is 4.34. The molecule has 0 aromatic carbocycles. The quantitative estimate of drug-likeness (QED) is 0.326. The Kier molecular flexibility index (Phi) is 10.2. The van der Waals surface area contributed by atoms with E-state index in [-0.39, 0.29) is 73.6 Å². The zero-order chi connectivity index (χ0) is 17.7. The van der Waals surface area contributed by atoms with Crippen LogP contribution < -0.4 is 10.2 Å². The van der Waals surface area contributed by atoms with E-state index < -0.39 is 0 Å². The summed E-state index contributed by atoms with van der Waals surface area (Å²) in [5.74, 6) is 0.589. The maximum Gasteiger partial charge on any atom is 2.00 e. The second-order valence-electron chi connectivity index (χ2n) is 5.19. The number of hydrogen-bond acceptors (Lipinski definition) is 8. The SMILES string of the molecule is Cc1ncc(CSSCc2cnc(C)c([O-])c2CO)c(CO)c1[O-].[Ba+2]. The van der Waals surface area contributed by atoms with Crippen LogP contribution in [0.5, 0.6) is 11.5 Å². The predicted molar refractivity (Wildman–Crippen MR) is 97.0 cm³/mol. The Labute approximate surface area is 195 Å². The van der Waals surface area contributed by atoms with Gasteiger partial charge in [0.05, 0.1) is 13.2 Å². The number of aromatic nitrogens is 2. The maximum absolute atomic E-state index is 11.9. The predicted octanol–water partition coefficient (Wildman–Crippen LogP) is 0.926. The molecule has 9 heteroatoms. The topological polar surface area (TPSA) is 112 Å². The molecule has 0 aliphatic heterocycles. The molecule has 0 atom stereocenters. The standard InChI is InChI=1S/C16H20N2O4S2.Ba/c1-9-15(21)13(5-19)11(3-17-9)7-23-24-8-12-4-18-10(2)16(22)14(12)6-20;/h3-4,19-22H,5-8H2,1-2H3;/q;+2/p-2. The molecule has 0 saturated heterocycles. The van der Waals surface area contributed by atoms with Gasteiger partial charge in [0, 0.05) is 35.3 Å². The molecule has 130 valence electrons. The van der Waals surface area contributed by atoms with Crippen LogP contribution in [0, 0.1) is 13.8 Å². The zero-order valence-electron chi connectivity index (χ0n) is 14.1. The van der Waals surface area contributed by atoms with Crippen molar-refractivity contribution in [3.63, 3.8) is 0 Å². The Morgan fingerprint density at radius 1 is 0.840 bits per heavy atom. The van der Waals surface area contributed by atoms with Crippen molar-refractivity contribution < 1.29 is 20.4 Å². The van der Waals surface area contributed by atoms with E-state index >= 15 is 0 Å². The van der Waals surface area contributed by atoms with Crippen LogP contribution in [-0.2, 0) is 24.7 Å². The van der Waals surface area contributed by atoms with Crippen LogP contribution >= 0.6 is 21.6 Å². The van der Waals surface area contributed by atoms with E-state index in [1.165, 1.54) is 21.6 Å². The third-order valence-electron chi connectivity index (χ3n) is 3.64. The van der Waals surface area contributed by atoms with Crippen LogP contribution in [0.25, 0.3) is 0 Å². The summed E-state index contributed by atoms with van der Waals surface area (Å²) in [4.78, 5) is 8.08. The number of nitrogens with zero attached hydrogens (tertiary/aromatic N) is 2. The molecule has 2 rings (SSSR count). The molecule has 0 aliphatic carbocycles. The molecule has 0 amide bonds. The first-order valence-electron chi connectivity index (χ1n) is 7.24. The molecule has 2 aromatic heterocycles. The van der Waals surface area contributed by atoms with Crippen molar-refractivity contribution >= 4 is 70.5 Å². The molecule has 0 fully saturated rings. The average molecular weight is 504 g/mol. The van der Waals surface area contributed by atoms with E-state index in [1.54, 1.807) is 26.2 Å². The third kappa shape index (κ3) is 5.78. The molecule has 0 saturated carbocycles. The van der Waals surface area contributed by atoms with E-state index in [0.29, 0.717) is 45.1 Å². The third-order valence-corrected chi connectivity index (χ3v) is 5.87. The second kappa shape index (κ2) is 11.1. The number of rotatable bonds is 7. The Bertz CT molecular complexity index is 670. The minimum atomic E-state index is -0.307. The minimum absolute atomic E-state index is 0. The first kappa shape index (κ1) is 23.1. The van der Waals surface area contributed by atoms with Gasteiger partial charge in [0.1, 0.15) is 0 Å². The maximum atomic E-state index is 11.9. The van der Waals surface area contributed by atoms with E-state index in [4.69, 9.17) is 0 Å². The first-order valence-corrected chi connectivity index (χ1v) is 9.73. The van der Waals surface area contributed by atoms with Crippen LogP contribution in [-0.4, -0.2) is 69.1 Å². The molecule has 0 spiro atoms. The van der Waals surface area contributed by atoms with Crippen molar-refractivity contribution in [3.8, 4) is 11.5 Å². The van der Waals surface area contributed by atoms with E-state index in [0.717, 1.165) is 0 Å². The summed E-state index contributed by atoms with van der Waals surface area (Å²) >= 11 is 0. The molecule has 0 aliphatic rings. The Hall–Kier alpha value is 0.0914. The van der Waals surface area contributed by atoms with Crippen LogP contribution in [0.3, 0.4) is 0 Å². The number of aryl methyl sites for hydroxylation is 2. The van der Waals surface area contributed by atoms with Crippen LogP contribution in [0.4, 0.5) is 0 Å². The van der Waals surface area contributed by atoms with Gasteiger partial charge >= 0.3 is 48.9 Å². The van der Waals surface area contributed by atoms with Gasteiger partial charge < -0.3 is 20.4 Å². The fraction of sp³-hybridized carbons (Fsp3) is 0.375. The molecular formula is C16H18BaN2O4S2. The van der Waals surface area contributed by atoms with Crippen molar-refractivity contribution in [2.75, 3.05) is 0 Å². The van der Waals surface area contributed by atoms with Gasteiger partial charge in [-0.25, -0.2) is 0 Å². The fourth-order valence-electron chi connectivity index (χ4n) is 2.16. The smallest absolute Gasteiger partial charge is 0.871 e. The Morgan fingerprint density at radius 3 is 1.52 bits per heavy atom. The Balaban J connectivity index is 0.00000312. The molecule has 2 N–H and O–H groups in total. The second-order valence-corrected chi connectivity index (χ2v) is 7.66. The van der Waals surface area contributed by atoms with Crippen molar-refractivity contribution in [3.05, 3.63) is 46.0 Å². The van der Waals surface area contributed by atoms with Crippen molar-refractivity contribution in [1.29, 1.82) is 0 Å². The number of hydrogen-bond donors (Lipinski definition) is 2.